The lowest BCUT2D eigenvalue weighted by atomic mass is 10.1. The Bertz CT molecular complexity index is 1670. The van der Waals surface area contributed by atoms with Crippen molar-refractivity contribution in [1.82, 2.24) is 23.1 Å². The van der Waals surface area contributed by atoms with Crippen LogP contribution < -0.4 is 11.2 Å². The lowest BCUT2D eigenvalue weighted by Gasteiger charge is -2.12. The summed E-state index contributed by atoms with van der Waals surface area (Å²) >= 11 is 0. The number of hydrogen-bond acceptors (Lipinski definition) is 4. The zero-order chi connectivity index (χ0) is 23.4. The van der Waals surface area contributed by atoms with Gasteiger partial charge in [0.2, 0.25) is 5.78 Å². The van der Waals surface area contributed by atoms with E-state index in [0.717, 1.165) is 27.1 Å². The Kier molecular flexibility index (Phi) is 4.67. The van der Waals surface area contributed by atoms with Crippen LogP contribution in [-0.2, 0) is 11.8 Å². The lowest BCUT2D eigenvalue weighted by molar-refractivity contribution is -0.119. The summed E-state index contributed by atoms with van der Waals surface area (Å²) in [5.41, 5.74) is 3.20. The van der Waals surface area contributed by atoms with E-state index in [9.17, 15) is 14.4 Å². The summed E-state index contributed by atoms with van der Waals surface area (Å²) in [7, 11) is 1.56. The molecule has 0 N–H and O–H groups in total. The highest BCUT2D eigenvalue weighted by Gasteiger charge is 2.25. The van der Waals surface area contributed by atoms with Gasteiger partial charge < -0.3 is 0 Å². The fraction of sp³-hybridized carbons (Fsp3) is 0.200. The van der Waals surface area contributed by atoms with Gasteiger partial charge in [-0.25, -0.2) is 9.36 Å². The Labute approximate surface area is 189 Å². The highest BCUT2D eigenvalue weighted by Crippen LogP contribution is 2.29. The third-order valence-corrected chi connectivity index (χ3v) is 6.10. The molecule has 2 aromatic carbocycles. The topological polar surface area (TPSA) is 83.3 Å². The third kappa shape index (κ3) is 3.06. The number of carbonyl (C=O) groups is 1. The molecule has 166 valence electrons. The summed E-state index contributed by atoms with van der Waals surface area (Å²) < 4.78 is 6.02. The van der Waals surface area contributed by atoms with Crippen molar-refractivity contribution in [2.75, 3.05) is 0 Å². The number of benzene rings is 2. The standard InChI is InChI=1S/C25H23N5O3/c1-15-9-8-12-19(13-15)30-20(18-10-6-5-7-11-18)14-28-21-22(26-24(28)30)27(4)25(33)29(23(21)32)16(2)17(3)31/h5-14,16H,1-4H3/t16-/m0/s1. The van der Waals surface area contributed by atoms with E-state index in [1.165, 1.54) is 11.5 Å². The molecule has 3 aromatic heterocycles. The largest absolute Gasteiger partial charge is 0.333 e. The molecule has 0 spiro atoms. The molecule has 0 aliphatic carbocycles. The Morgan fingerprint density at radius 1 is 1.03 bits per heavy atom. The molecule has 0 radical (unpaired) electrons. The van der Waals surface area contributed by atoms with Gasteiger partial charge in [0.05, 0.1) is 11.7 Å². The van der Waals surface area contributed by atoms with Crippen LogP contribution in [0, 0.1) is 6.92 Å². The van der Waals surface area contributed by atoms with Gasteiger partial charge in [0, 0.05) is 24.5 Å². The van der Waals surface area contributed by atoms with Crippen LogP contribution in [-0.4, -0.2) is 28.9 Å². The number of imidazole rings is 2. The normalized spacial score (nSPS) is 12.5. The molecule has 0 bridgehead atoms. The summed E-state index contributed by atoms with van der Waals surface area (Å²) in [5.74, 6) is 0.242. The van der Waals surface area contributed by atoms with Crippen LogP contribution in [0.5, 0.6) is 0 Å². The number of aromatic nitrogens is 5. The third-order valence-electron chi connectivity index (χ3n) is 6.10. The molecule has 5 rings (SSSR count). The van der Waals surface area contributed by atoms with Crippen LogP contribution in [0.2, 0.25) is 0 Å². The molecule has 0 fully saturated rings. The van der Waals surface area contributed by atoms with Gasteiger partial charge in [0.15, 0.2) is 16.9 Å². The monoisotopic (exact) mass is 441 g/mol. The molecule has 0 unspecified atom stereocenters. The van der Waals surface area contributed by atoms with Crippen molar-refractivity contribution in [2.24, 2.45) is 7.05 Å². The Morgan fingerprint density at radius 3 is 2.42 bits per heavy atom. The van der Waals surface area contributed by atoms with Gasteiger partial charge in [-0.3, -0.25) is 23.1 Å². The fourth-order valence-corrected chi connectivity index (χ4v) is 4.22. The summed E-state index contributed by atoms with van der Waals surface area (Å²) in [6, 6.07) is 17.0. The second kappa shape index (κ2) is 7.44. The molecule has 33 heavy (non-hydrogen) atoms. The molecule has 0 aliphatic heterocycles. The predicted molar refractivity (Wildman–Crippen MR) is 127 cm³/mol. The number of Topliss-reactive ketones (excluding diaryl/α,β-unsaturated/α-hetero) is 1. The van der Waals surface area contributed by atoms with Gasteiger partial charge in [-0.2, -0.15) is 4.98 Å². The van der Waals surface area contributed by atoms with Gasteiger partial charge in [-0.1, -0.05) is 42.5 Å². The number of rotatable bonds is 4. The van der Waals surface area contributed by atoms with Crippen molar-refractivity contribution in [3.63, 3.8) is 0 Å². The van der Waals surface area contributed by atoms with Crippen molar-refractivity contribution < 1.29 is 4.79 Å². The molecule has 1 atom stereocenters. The zero-order valence-corrected chi connectivity index (χ0v) is 18.8. The minimum Gasteiger partial charge on any atom is -0.298 e. The molecule has 5 aromatic rings. The van der Waals surface area contributed by atoms with Crippen LogP contribution in [0.1, 0.15) is 25.5 Å². The minimum atomic E-state index is -0.876. The summed E-state index contributed by atoms with van der Waals surface area (Å²) in [6.45, 7) is 4.94. The number of aryl methyl sites for hydroxylation is 2. The van der Waals surface area contributed by atoms with Crippen molar-refractivity contribution in [1.29, 1.82) is 0 Å². The van der Waals surface area contributed by atoms with Gasteiger partial charge >= 0.3 is 5.69 Å². The number of hydrogen-bond donors (Lipinski definition) is 0. The predicted octanol–water partition coefficient (Wildman–Crippen LogP) is 3.26. The zero-order valence-electron chi connectivity index (χ0n) is 18.8. The maximum atomic E-state index is 13.5. The van der Waals surface area contributed by atoms with Crippen molar-refractivity contribution in [3.05, 3.63) is 87.2 Å². The van der Waals surface area contributed by atoms with E-state index in [2.05, 4.69) is 0 Å². The minimum absolute atomic E-state index is 0.254. The molecule has 8 nitrogen and oxygen atoms in total. The maximum absolute atomic E-state index is 13.5. The van der Waals surface area contributed by atoms with Crippen LogP contribution >= 0.6 is 0 Å². The second-order valence-electron chi connectivity index (χ2n) is 8.31. The molecule has 3 heterocycles. The molecule has 0 aliphatic rings. The van der Waals surface area contributed by atoms with E-state index in [-0.39, 0.29) is 16.9 Å². The van der Waals surface area contributed by atoms with E-state index in [1.807, 2.05) is 72.3 Å². The number of nitrogens with zero attached hydrogens (tertiary/aromatic N) is 5. The fourth-order valence-electron chi connectivity index (χ4n) is 4.22. The van der Waals surface area contributed by atoms with E-state index in [0.29, 0.717) is 5.78 Å². The van der Waals surface area contributed by atoms with Gasteiger partial charge in [0.1, 0.15) is 0 Å². The number of fused-ring (bicyclic) bond motifs is 3. The average molecular weight is 441 g/mol. The van der Waals surface area contributed by atoms with Gasteiger partial charge in [0.25, 0.3) is 5.56 Å². The average Bonchev–Trinajstić information content (AvgIpc) is 3.34. The van der Waals surface area contributed by atoms with Crippen LogP contribution in [0.25, 0.3) is 33.9 Å². The smallest absolute Gasteiger partial charge is 0.298 e. The summed E-state index contributed by atoms with van der Waals surface area (Å²) in [6.07, 6.45) is 1.86. The van der Waals surface area contributed by atoms with Crippen LogP contribution in [0.15, 0.2) is 70.4 Å². The van der Waals surface area contributed by atoms with Gasteiger partial charge in [-0.15, -0.1) is 0 Å². The first-order valence-electron chi connectivity index (χ1n) is 10.7. The van der Waals surface area contributed by atoms with Crippen LogP contribution in [0.4, 0.5) is 0 Å². The van der Waals surface area contributed by atoms with E-state index in [1.54, 1.807) is 18.4 Å². The molecule has 8 heteroatoms. The number of ketones is 1. The summed E-state index contributed by atoms with van der Waals surface area (Å²) in [4.78, 5) is 43.2. The summed E-state index contributed by atoms with van der Waals surface area (Å²) in [5, 5.41) is 0. The quantitative estimate of drug-likeness (QED) is 0.429. The molecule has 0 saturated carbocycles. The van der Waals surface area contributed by atoms with E-state index >= 15 is 0 Å². The number of carbonyl (C=O) groups excluding carboxylic acids is 1. The van der Waals surface area contributed by atoms with E-state index < -0.39 is 17.3 Å². The highest BCUT2D eigenvalue weighted by molar-refractivity contribution is 5.82. The highest BCUT2D eigenvalue weighted by atomic mass is 16.2. The molecular weight excluding hydrogens is 418 g/mol. The van der Waals surface area contributed by atoms with Crippen molar-refractivity contribution in [3.8, 4) is 16.9 Å². The van der Waals surface area contributed by atoms with E-state index in [4.69, 9.17) is 4.98 Å². The van der Waals surface area contributed by atoms with Gasteiger partial charge in [-0.05, 0) is 38.5 Å². The first-order valence-corrected chi connectivity index (χ1v) is 10.7. The Hall–Kier alpha value is -4.20. The maximum Gasteiger partial charge on any atom is 0.333 e. The Morgan fingerprint density at radius 2 is 1.76 bits per heavy atom. The lowest BCUT2D eigenvalue weighted by Crippen LogP contribution is -2.42. The van der Waals surface area contributed by atoms with Crippen LogP contribution in [0.3, 0.4) is 0 Å². The first-order chi connectivity index (χ1) is 15.8. The molecule has 0 amide bonds. The van der Waals surface area contributed by atoms with Crippen molar-refractivity contribution in [2.45, 2.75) is 26.8 Å². The Balaban J connectivity index is 1.96. The SMILES string of the molecule is CC(=O)[C@H](C)n1c(=O)c2c(nc3n(-c4cccc(C)c4)c(-c4ccccc4)cn23)n(C)c1=O. The molecular formula is C25H23N5O3. The second-order valence-corrected chi connectivity index (χ2v) is 8.31. The van der Waals surface area contributed by atoms with Crippen molar-refractivity contribution >= 4 is 22.7 Å². The first kappa shape index (κ1) is 20.7. The molecule has 0 saturated heterocycles.